The summed E-state index contributed by atoms with van der Waals surface area (Å²) in [6.07, 6.45) is 3.11. The number of amides is 1. The third kappa shape index (κ3) is 4.60. The smallest absolute Gasteiger partial charge is 0.252 e. The Hall–Kier alpha value is -3.38. The van der Waals surface area contributed by atoms with Crippen LogP contribution in [0.5, 0.6) is 5.75 Å². The van der Waals surface area contributed by atoms with E-state index in [1.165, 1.54) is 0 Å². The number of halogens is 1. The van der Waals surface area contributed by atoms with Crippen molar-refractivity contribution < 1.29 is 9.53 Å². The van der Waals surface area contributed by atoms with E-state index in [9.17, 15) is 4.79 Å². The van der Waals surface area contributed by atoms with Crippen molar-refractivity contribution in [2.75, 3.05) is 13.7 Å². The highest BCUT2D eigenvalue weighted by Crippen LogP contribution is 2.32. The van der Waals surface area contributed by atoms with Gasteiger partial charge < -0.3 is 10.1 Å². The van der Waals surface area contributed by atoms with E-state index in [0.29, 0.717) is 33.9 Å². The number of unbranched alkanes of at least 4 members (excludes halogenated alkanes) is 2. The zero-order valence-electron chi connectivity index (χ0n) is 18.1. The lowest BCUT2D eigenvalue weighted by atomic mass is 10.0. The number of ether oxygens (including phenoxy) is 1. The van der Waals surface area contributed by atoms with Gasteiger partial charge in [0.05, 0.1) is 29.4 Å². The van der Waals surface area contributed by atoms with E-state index in [-0.39, 0.29) is 5.91 Å². The van der Waals surface area contributed by atoms with Gasteiger partial charge in [-0.05, 0) is 48.9 Å². The van der Waals surface area contributed by atoms with E-state index in [2.05, 4.69) is 22.4 Å². The zero-order chi connectivity index (χ0) is 22.5. The lowest BCUT2D eigenvalue weighted by molar-refractivity contribution is 0.0954. The van der Waals surface area contributed by atoms with Crippen molar-refractivity contribution in [1.82, 2.24) is 20.5 Å². The Morgan fingerprint density at radius 2 is 1.78 bits per heavy atom. The molecule has 1 amide bonds. The SMILES string of the molecule is CCCCCNC(=O)c1cc(-c2ccc(Cl)cc2)nc2n[nH]c(-c3ccc(OC)cc3)c12. The van der Waals surface area contributed by atoms with Crippen LogP contribution < -0.4 is 10.1 Å². The van der Waals surface area contributed by atoms with E-state index < -0.39 is 0 Å². The number of H-pyrrole nitrogens is 1. The van der Waals surface area contributed by atoms with E-state index in [0.717, 1.165) is 41.8 Å². The number of rotatable bonds is 8. The van der Waals surface area contributed by atoms with Crippen LogP contribution in [0.25, 0.3) is 33.5 Å². The van der Waals surface area contributed by atoms with Gasteiger partial charge in [0.25, 0.3) is 5.91 Å². The average molecular weight is 449 g/mol. The van der Waals surface area contributed by atoms with Gasteiger partial charge in [-0.25, -0.2) is 4.98 Å². The van der Waals surface area contributed by atoms with Crippen LogP contribution in [-0.2, 0) is 0 Å². The van der Waals surface area contributed by atoms with Gasteiger partial charge >= 0.3 is 0 Å². The largest absolute Gasteiger partial charge is 0.497 e. The summed E-state index contributed by atoms with van der Waals surface area (Å²) in [6, 6.07) is 16.8. The molecule has 0 bridgehead atoms. The molecule has 0 atom stereocenters. The van der Waals surface area contributed by atoms with E-state index in [1.807, 2.05) is 42.5 Å². The second kappa shape index (κ2) is 9.83. The second-order valence-corrected chi connectivity index (χ2v) is 7.99. The van der Waals surface area contributed by atoms with Gasteiger partial charge in [0.1, 0.15) is 5.75 Å². The Morgan fingerprint density at radius 1 is 1.06 bits per heavy atom. The molecule has 6 nitrogen and oxygen atoms in total. The number of aromatic nitrogens is 3. The Kier molecular flexibility index (Phi) is 6.71. The van der Waals surface area contributed by atoms with Crippen LogP contribution in [0.2, 0.25) is 5.02 Å². The number of hydrogen-bond acceptors (Lipinski definition) is 4. The van der Waals surface area contributed by atoms with Gasteiger partial charge in [-0.15, -0.1) is 0 Å². The molecule has 32 heavy (non-hydrogen) atoms. The number of nitrogens with zero attached hydrogens (tertiary/aromatic N) is 2. The minimum absolute atomic E-state index is 0.139. The molecular weight excluding hydrogens is 424 g/mol. The summed E-state index contributed by atoms with van der Waals surface area (Å²) in [4.78, 5) is 17.9. The molecule has 0 aliphatic rings. The lowest BCUT2D eigenvalue weighted by Gasteiger charge is -2.10. The van der Waals surface area contributed by atoms with Crippen molar-refractivity contribution >= 4 is 28.5 Å². The van der Waals surface area contributed by atoms with Crippen molar-refractivity contribution in [1.29, 1.82) is 0 Å². The Labute approximate surface area is 192 Å². The second-order valence-electron chi connectivity index (χ2n) is 7.55. The quantitative estimate of drug-likeness (QED) is 0.330. The zero-order valence-corrected chi connectivity index (χ0v) is 18.9. The Morgan fingerprint density at radius 3 is 2.47 bits per heavy atom. The van der Waals surface area contributed by atoms with Crippen LogP contribution in [0.15, 0.2) is 54.6 Å². The summed E-state index contributed by atoms with van der Waals surface area (Å²) < 4.78 is 5.26. The first-order valence-electron chi connectivity index (χ1n) is 10.7. The number of aromatic amines is 1. The van der Waals surface area contributed by atoms with Crippen LogP contribution in [0.4, 0.5) is 0 Å². The third-order valence-electron chi connectivity index (χ3n) is 5.35. The maximum absolute atomic E-state index is 13.2. The Bertz CT molecular complexity index is 1220. The third-order valence-corrected chi connectivity index (χ3v) is 5.61. The van der Waals surface area contributed by atoms with Crippen LogP contribution in [0, 0.1) is 0 Å². The van der Waals surface area contributed by atoms with Crippen molar-refractivity contribution in [2.24, 2.45) is 0 Å². The lowest BCUT2D eigenvalue weighted by Crippen LogP contribution is -2.24. The predicted molar refractivity (Wildman–Crippen MR) is 128 cm³/mol. The summed E-state index contributed by atoms with van der Waals surface area (Å²) in [7, 11) is 1.63. The van der Waals surface area contributed by atoms with Gasteiger partial charge in [-0.3, -0.25) is 9.89 Å². The first-order chi connectivity index (χ1) is 15.6. The first-order valence-corrected chi connectivity index (χ1v) is 11.1. The van der Waals surface area contributed by atoms with E-state index in [1.54, 1.807) is 19.2 Å². The van der Waals surface area contributed by atoms with E-state index >= 15 is 0 Å². The van der Waals surface area contributed by atoms with Gasteiger partial charge in [-0.1, -0.05) is 43.5 Å². The molecule has 0 radical (unpaired) electrons. The molecule has 0 spiro atoms. The predicted octanol–water partition coefficient (Wildman–Crippen LogP) is 5.87. The molecule has 0 fully saturated rings. The summed E-state index contributed by atoms with van der Waals surface area (Å²) in [5.74, 6) is 0.620. The van der Waals surface area contributed by atoms with Gasteiger partial charge in [-0.2, -0.15) is 5.10 Å². The molecule has 2 heterocycles. The van der Waals surface area contributed by atoms with Crippen LogP contribution in [0.3, 0.4) is 0 Å². The molecule has 7 heteroatoms. The molecule has 0 saturated heterocycles. The topological polar surface area (TPSA) is 79.9 Å². The highest BCUT2D eigenvalue weighted by atomic mass is 35.5. The normalized spacial score (nSPS) is 11.0. The number of carbonyl (C=O) groups excluding carboxylic acids is 1. The fourth-order valence-corrected chi connectivity index (χ4v) is 3.74. The highest BCUT2D eigenvalue weighted by Gasteiger charge is 2.20. The summed E-state index contributed by atoms with van der Waals surface area (Å²) in [6.45, 7) is 2.77. The van der Waals surface area contributed by atoms with E-state index in [4.69, 9.17) is 21.3 Å². The minimum Gasteiger partial charge on any atom is -0.497 e. The van der Waals surface area contributed by atoms with Crippen molar-refractivity contribution in [3.05, 3.63) is 65.2 Å². The number of pyridine rings is 1. The number of methoxy groups -OCH3 is 1. The van der Waals surface area contributed by atoms with Gasteiger partial charge in [0.2, 0.25) is 0 Å². The van der Waals surface area contributed by atoms with Gasteiger partial charge in [0.15, 0.2) is 5.65 Å². The van der Waals surface area contributed by atoms with Crippen molar-refractivity contribution in [3.63, 3.8) is 0 Å². The molecular formula is C25H25ClN4O2. The fourth-order valence-electron chi connectivity index (χ4n) is 3.61. The molecule has 4 aromatic rings. The minimum atomic E-state index is -0.139. The molecule has 164 valence electrons. The number of fused-ring (bicyclic) bond motifs is 1. The maximum Gasteiger partial charge on any atom is 0.252 e. The standard InChI is InChI=1S/C25H25ClN4O2/c1-3-4-5-14-27-25(31)20-15-21(16-6-10-18(26)11-7-16)28-24-22(20)23(29-30-24)17-8-12-19(32-2)13-9-17/h6-13,15H,3-5,14H2,1-2H3,(H,27,31)(H,28,29,30). The molecule has 0 aliphatic heterocycles. The monoisotopic (exact) mass is 448 g/mol. The summed E-state index contributed by atoms with van der Waals surface area (Å²) in [5, 5.41) is 11.9. The molecule has 2 aromatic heterocycles. The fraction of sp³-hybridized carbons (Fsp3) is 0.240. The highest BCUT2D eigenvalue weighted by molar-refractivity contribution is 6.30. The first kappa shape index (κ1) is 21.8. The number of carbonyl (C=O) groups is 1. The molecule has 4 rings (SSSR count). The van der Waals surface area contributed by atoms with Crippen LogP contribution >= 0.6 is 11.6 Å². The number of nitrogens with one attached hydrogen (secondary N) is 2. The molecule has 0 unspecified atom stereocenters. The molecule has 2 aromatic carbocycles. The number of benzene rings is 2. The summed E-state index contributed by atoms with van der Waals surface area (Å²) >= 11 is 6.04. The molecule has 2 N–H and O–H groups in total. The Balaban J connectivity index is 1.81. The van der Waals surface area contributed by atoms with Crippen molar-refractivity contribution in [3.8, 4) is 28.3 Å². The average Bonchev–Trinajstić information content (AvgIpc) is 3.25. The van der Waals surface area contributed by atoms with Crippen LogP contribution in [0.1, 0.15) is 36.5 Å². The molecule has 0 saturated carbocycles. The maximum atomic E-state index is 13.2. The summed E-state index contributed by atoms with van der Waals surface area (Å²) in [5.41, 5.74) is 4.20. The van der Waals surface area contributed by atoms with Crippen LogP contribution in [-0.4, -0.2) is 34.7 Å². The number of hydrogen-bond donors (Lipinski definition) is 2. The van der Waals surface area contributed by atoms with Crippen molar-refractivity contribution in [2.45, 2.75) is 26.2 Å². The van der Waals surface area contributed by atoms with Gasteiger partial charge in [0, 0.05) is 22.7 Å². The molecule has 0 aliphatic carbocycles.